The molecular formula is C11H7Cl3N2OS. The number of anilines is 2. The fourth-order valence-corrected chi connectivity index (χ4v) is 2.61. The number of benzene rings is 1. The van der Waals surface area contributed by atoms with Crippen LogP contribution in [0.1, 0.15) is 9.67 Å². The fraction of sp³-hybridized carbons (Fsp3) is 0. The molecule has 7 heteroatoms. The molecule has 1 aromatic heterocycles. The number of halogens is 3. The van der Waals surface area contributed by atoms with Crippen molar-refractivity contribution in [3.63, 3.8) is 0 Å². The Bertz CT molecular complexity index is 612. The molecule has 0 bridgehead atoms. The van der Waals surface area contributed by atoms with Crippen molar-refractivity contribution in [1.29, 1.82) is 0 Å². The number of nitrogen functional groups attached to an aromatic ring is 1. The minimum absolute atomic E-state index is 0.313. The van der Waals surface area contributed by atoms with Crippen molar-refractivity contribution in [3.05, 3.63) is 43.5 Å². The Hall–Kier alpha value is -0.940. The number of carbonyl (C=O) groups is 1. The maximum atomic E-state index is 11.9. The lowest BCUT2D eigenvalue weighted by atomic mass is 10.3. The van der Waals surface area contributed by atoms with Crippen LogP contribution >= 0.6 is 46.1 Å². The first-order chi connectivity index (χ1) is 8.49. The summed E-state index contributed by atoms with van der Waals surface area (Å²) in [5.41, 5.74) is 6.47. The van der Waals surface area contributed by atoms with Gasteiger partial charge in [-0.2, -0.15) is 0 Å². The summed E-state index contributed by atoms with van der Waals surface area (Å²) in [6.45, 7) is 0. The Morgan fingerprint density at radius 1 is 1.17 bits per heavy atom. The Kier molecular flexibility index (Phi) is 4.02. The zero-order valence-corrected chi connectivity index (χ0v) is 11.9. The smallest absolute Gasteiger partial charge is 0.267 e. The predicted molar refractivity (Wildman–Crippen MR) is 78.2 cm³/mol. The Balaban J connectivity index is 2.28. The molecule has 1 amide bonds. The third kappa shape index (κ3) is 2.72. The van der Waals surface area contributed by atoms with Crippen LogP contribution in [0.2, 0.25) is 15.1 Å². The molecule has 0 aliphatic rings. The summed E-state index contributed by atoms with van der Waals surface area (Å²) < 4.78 is 0. The molecule has 0 radical (unpaired) electrons. The molecule has 0 saturated carbocycles. The van der Waals surface area contributed by atoms with Crippen LogP contribution in [0, 0.1) is 0 Å². The van der Waals surface area contributed by atoms with Gasteiger partial charge < -0.3 is 11.1 Å². The Labute approximate surface area is 122 Å². The van der Waals surface area contributed by atoms with Gasteiger partial charge in [0.05, 0.1) is 26.4 Å². The molecule has 0 spiro atoms. The molecule has 2 aromatic rings. The van der Waals surface area contributed by atoms with Gasteiger partial charge in [0.2, 0.25) is 0 Å². The summed E-state index contributed by atoms with van der Waals surface area (Å²) in [6.07, 6.45) is 0. The molecule has 0 unspecified atom stereocenters. The minimum Gasteiger partial charge on any atom is -0.397 e. The fourth-order valence-electron chi connectivity index (χ4n) is 1.30. The van der Waals surface area contributed by atoms with E-state index in [4.69, 9.17) is 40.5 Å². The summed E-state index contributed by atoms with van der Waals surface area (Å²) in [4.78, 5) is 12.4. The zero-order chi connectivity index (χ0) is 13.3. The molecule has 3 nitrogen and oxygen atoms in total. The second kappa shape index (κ2) is 5.36. The van der Waals surface area contributed by atoms with Gasteiger partial charge >= 0.3 is 0 Å². The molecule has 0 atom stereocenters. The lowest BCUT2D eigenvalue weighted by molar-refractivity contribution is 0.103. The van der Waals surface area contributed by atoms with E-state index in [0.717, 1.165) is 0 Å². The van der Waals surface area contributed by atoms with E-state index in [1.165, 1.54) is 23.5 Å². The largest absolute Gasteiger partial charge is 0.397 e. The van der Waals surface area contributed by atoms with Crippen LogP contribution in [0.3, 0.4) is 0 Å². The summed E-state index contributed by atoms with van der Waals surface area (Å²) in [5.74, 6) is -0.331. The predicted octanol–water partition coefficient (Wildman–Crippen LogP) is 4.54. The third-order valence-corrected chi connectivity index (χ3v) is 4.12. The van der Waals surface area contributed by atoms with Gasteiger partial charge in [-0.25, -0.2) is 0 Å². The van der Waals surface area contributed by atoms with Gasteiger partial charge in [0.1, 0.15) is 4.88 Å². The number of hydrogen-bond acceptors (Lipinski definition) is 3. The maximum absolute atomic E-state index is 11.9. The van der Waals surface area contributed by atoms with Crippen molar-refractivity contribution in [1.82, 2.24) is 0 Å². The van der Waals surface area contributed by atoms with Crippen molar-refractivity contribution in [2.75, 3.05) is 11.1 Å². The van der Waals surface area contributed by atoms with Crippen LogP contribution in [-0.2, 0) is 0 Å². The first-order valence-electron chi connectivity index (χ1n) is 4.78. The summed E-state index contributed by atoms with van der Waals surface area (Å²) >= 11 is 18.9. The lowest BCUT2D eigenvalue weighted by Crippen LogP contribution is -2.12. The minimum atomic E-state index is -0.331. The normalized spacial score (nSPS) is 10.4. The van der Waals surface area contributed by atoms with E-state index in [9.17, 15) is 4.79 Å². The van der Waals surface area contributed by atoms with Gasteiger partial charge in [0, 0.05) is 0 Å². The number of amides is 1. The molecule has 0 fully saturated rings. The van der Waals surface area contributed by atoms with Crippen LogP contribution in [0.25, 0.3) is 0 Å². The summed E-state index contributed by atoms with van der Waals surface area (Å²) in [6, 6.07) is 4.63. The SMILES string of the molecule is Nc1ccsc1C(=O)Nc1cc(Cl)c(Cl)cc1Cl. The summed E-state index contributed by atoms with van der Waals surface area (Å²) in [7, 11) is 0. The highest BCUT2D eigenvalue weighted by atomic mass is 35.5. The van der Waals surface area contributed by atoms with Gasteiger partial charge in [-0.3, -0.25) is 4.79 Å². The van der Waals surface area contributed by atoms with E-state index in [2.05, 4.69) is 5.32 Å². The molecule has 1 aromatic carbocycles. The van der Waals surface area contributed by atoms with Gasteiger partial charge in [-0.15, -0.1) is 11.3 Å². The first-order valence-corrected chi connectivity index (χ1v) is 6.79. The first kappa shape index (κ1) is 13.5. The van der Waals surface area contributed by atoms with Crippen molar-refractivity contribution in [3.8, 4) is 0 Å². The second-order valence-electron chi connectivity index (χ2n) is 3.41. The van der Waals surface area contributed by atoms with E-state index in [-0.39, 0.29) is 5.91 Å². The molecule has 0 aliphatic carbocycles. The van der Waals surface area contributed by atoms with Gasteiger partial charge in [0.25, 0.3) is 5.91 Å². The molecule has 94 valence electrons. The molecule has 3 N–H and O–H groups in total. The molecule has 1 heterocycles. The molecule has 2 rings (SSSR count). The van der Waals surface area contributed by atoms with Gasteiger partial charge in [0.15, 0.2) is 0 Å². The quantitative estimate of drug-likeness (QED) is 0.798. The van der Waals surface area contributed by atoms with E-state index in [0.29, 0.717) is 31.3 Å². The number of nitrogens with two attached hydrogens (primary N) is 1. The number of carbonyl (C=O) groups excluding carboxylic acids is 1. The maximum Gasteiger partial charge on any atom is 0.267 e. The number of nitrogens with one attached hydrogen (secondary N) is 1. The summed E-state index contributed by atoms with van der Waals surface area (Å²) in [5, 5.41) is 5.33. The zero-order valence-electron chi connectivity index (χ0n) is 8.84. The highest BCUT2D eigenvalue weighted by Crippen LogP contribution is 2.33. The number of thiophene rings is 1. The standard InChI is InChI=1S/C11H7Cl3N2OS/c12-5-3-7(14)9(4-6(5)13)16-11(17)10-8(15)1-2-18-10/h1-4H,15H2,(H,16,17). The van der Waals surface area contributed by atoms with Crippen molar-refractivity contribution in [2.24, 2.45) is 0 Å². The van der Waals surface area contributed by atoms with Crippen LogP contribution in [0.15, 0.2) is 23.6 Å². The van der Waals surface area contributed by atoms with Crippen LogP contribution in [0.5, 0.6) is 0 Å². The average Bonchev–Trinajstić information content (AvgIpc) is 2.72. The van der Waals surface area contributed by atoms with Crippen molar-refractivity contribution >= 4 is 63.4 Å². The van der Waals surface area contributed by atoms with E-state index in [1.807, 2.05) is 0 Å². The van der Waals surface area contributed by atoms with Crippen LogP contribution in [-0.4, -0.2) is 5.91 Å². The molecule has 0 aliphatic heterocycles. The molecular weight excluding hydrogens is 315 g/mol. The second-order valence-corrected chi connectivity index (χ2v) is 5.54. The van der Waals surface area contributed by atoms with E-state index >= 15 is 0 Å². The number of rotatable bonds is 2. The highest BCUT2D eigenvalue weighted by Gasteiger charge is 2.14. The Morgan fingerprint density at radius 2 is 1.83 bits per heavy atom. The molecule has 18 heavy (non-hydrogen) atoms. The topological polar surface area (TPSA) is 55.1 Å². The molecule has 0 saturated heterocycles. The van der Waals surface area contributed by atoms with Crippen LogP contribution < -0.4 is 11.1 Å². The van der Waals surface area contributed by atoms with Crippen molar-refractivity contribution in [2.45, 2.75) is 0 Å². The third-order valence-electron chi connectivity index (χ3n) is 2.16. The monoisotopic (exact) mass is 320 g/mol. The number of hydrogen-bond donors (Lipinski definition) is 2. The van der Waals surface area contributed by atoms with Crippen LogP contribution in [0.4, 0.5) is 11.4 Å². The average molecular weight is 322 g/mol. The van der Waals surface area contributed by atoms with Gasteiger partial charge in [-0.05, 0) is 23.6 Å². The van der Waals surface area contributed by atoms with E-state index < -0.39 is 0 Å². The lowest BCUT2D eigenvalue weighted by Gasteiger charge is -2.08. The van der Waals surface area contributed by atoms with Crippen molar-refractivity contribution < 1.29 is 4.79 Å². The van der Waals surface area contributed by atoms with E-state index in [1.54, 1.807) is 11.4 Å². The van der Waals surface area contributed by atoms with Gasteiger partial charge in [-0.1, -0.05) is 34.8 Å². The Morgan fingerprint density at radius 3 is 2.44 bits per heavy atom. The highest BCUT2D eigenvalue weighted by molar-refractivity contribution is 7.12.